The molecule has 2 N–H and O–H groups in total. The van der Waals surface area contributed by atoms with Gasteiger partial charge >= 0.3 is 0 Å². The van der Waals surface area contributed by atoms with Gasteiger partial charge in [-0.1, -0.05) is 13.3 Å². The summed E-state index contributed by atoms with van der Waals surface area (Å²) in [6, 6.07) is 0. The predicted molar refractivity (Wildman–Crippen MR) is 98.0 cm³/mol. The van der Waals surface area contributed by atoms with Crippen LogP contribution in [0.25, 0.3) is 11.5 Å². The molecule has 0 saturated carbocycles. The molecular formula is C16H17BrN4O3S. The first-order valence-corrected chi connectivity index (χ1v) is 9.54. The number of halogens is 1. The maximum atomic E-state index is 12.4. The first-order chi connectivity index (χ1) is 12.0. The van der Waals surface area contributed by atoms with Crippen molar-refractivity contribution in [2.45, 2.75) is 39.5 Å². The molecule has 0 atom stereocenters. The molecule has 3 rings (SSSR count). The Kier molecular flexibility index (Phi) is 5.33. The molecule has 0 bridgehead atoms. The molecule has 132 valence electrons. The summed E-state index contributed by atoms with van der Waals surface area (Å²) in [5, 5.41) is 21.1. The number of nitrogens with one attached hydrogen (secondary N) is 1. The average molecular weight is 425 g/mol. The zero-order valence-corrected chi connectivity index (χ0v) is 16.2. The molecule has 0 amide bonds. The average Bonchev–Trinajstić information content (AvgIpc) is 3.19. The first kappa shape index (κ1) is 17.8. The highest BCUT2D eigenvalue weighted by molar-refractivity contribution is 9.10. The standard InChI is InChI=1S/C16H17BrN4O3S/c1-3-4-5-10-13(17)14(22)12(15(23)19-10)16-21-20-11(24-16)6-9-7-25-8(2)18-9/h7H,3-6H2,1-2H3,(H2,19,22,23). The number of pyridine rings is 1. The third-order valence-corrected chi connectivity index (χ3v) is 5.34. The van der Waals surface area contributed by atoms with Gasteiger partial charge in [-0.2, -0.15) is 0 Å². The van der Waals surface area contributed by atoms with Crippen LogP contribution in [0.3, 0.4) is 0 Å². The van der Waals surface area contributed by atoms with E-state index in [-0.39, 0.29) is 17.2 Å². The SMILES string of the molecule is CCCCc1[nH]c(=O)c(-c2nnc(Cc3csc(C)n3)o2)c(O)c1Br. The maximum Gasteiger partial charge on any atom is 0.264 e. The zero-order chi connectivity index (χ0) is 18.0. The summed E-state index contributed by atoms with van der Waals surface area (Å²) in [4.78, 5) is 19.5. The van der Waals surface area contributed by atoms with Gasteiger partial charge in [0.05, 0.1) is 21.6 Å². The van der Waals surface area contributed by atoms with Crippen LogP contribution < -0.4 is 5.56 Å². The lowest BCUT2D eigenvalue weighted by molar-refractivity contribution is 0.463. The number of aromatic nitrogens is 4. The molecule has 9 heteroatoms. The normalized spacial score (nSPS) is 11.2. The Bertz CT molecular complexity index is 947. The first-order valence-electron chi connectivity index (χ1n) is 7.87. The van der Waals surface area contributed by atoms with E-state index in [2.05, 4.69) is 43.0 Å². The molecule has 0 fully saturated rings. The third-order valence-electron chi connectivity index (χ3n) is 3.66. The zero-order valence-electron chi connectivity index (χ0n) is 13.8. The van der Waals surface area contributed by atoms with E-state index in [0.717, 1.165) is 23.5 Å². The minimum atomic E-state index is -0.452. The van der Waals surface area contributed by atoms with Crippen molar-refractivity contribution >= 4 is 27.3 Å². The number of aryl methyl sites for hydroxylation is 2. The summed E-state index contributed by atoms with van der Waals surface area (Å²) in [7, 11) is 0. The van der Waals surface area contributed by atoms with Crippen LogP contribution in [-0.4, -0.2) is 25.3 Å². The summed E-state index contributed by atoms with van der Waals surface area (Å²) >= 11 is 4.88. The van der Waals surface area contributed by atoms with E-state index in [0.29, 0.717) is 28.9 Å². The Morgan fingerprint density at radius 3 is 2.88 bits per heavy atom. The van der Waals surface area contributed by atoms with Crippen molar-refractivity contribution in [3.63, 3.8) is 0 Å². The van der Waals surface area contributed by atoms with E-state index >= 15 is 0 Å². The number of aromatic amines is 1. The van der Waals surface area contributed by atoms with Crippen LogP contribution in [0, 0.1) is 6.92 Å². The van der Waals surface area contributed by atoms with Crippen LogP contribution in [0.4, 0.5) is 0 Å². The highest BCUT2D eigenvalue weighted by Gasteiger charge is 2.22. The van der Waals surface area contributed by atoms with Crippen molar-refractivity contribution in [1.82, 2.24) is 20.2 Å². The van der Waals surface area contributed by atoms with Gasteiger partial charge in [0.15, 0.2) is 0 Å². The topological polar surface area (TPSA) is 105 Å². The Labute approximate surface area is 156 Å². The quantitative estimate of drug-likeness (QED) is 0.626. The predicted octanol–water partition coefficient (Wildman–Crippen LogP) is 3.59. The van der Waals surface area contributed by atoms with Crippen LogP contribution in [0.1, 0.15) is 42.1 Å². The van der Waals surface area contributed by atoms with Crippen LogP contribution in [0.15, 0.2) is 19.1 Å². The Morgan fingerprint density at radius 1 is 1.40 bits per heavy atom. The van der Waals surface area contributed by atoms with Gasteiger partial charge in [0.2, 0.25) is 5.89 Å². The van der Waals surface area contributed by atoms with E-state index in [1.54, 1.807) is 0 Å². The summed E-state index contributed by atoms with van der Waals surface area (Å²) in [6.07, 6.45) is 2.94. The third kappa shape index (κ3) is 3.82. The van der Waals surface area contributed by atoms with Gasteiger partial charge in [-0.3, -0.25) is 4.79 Å². The molecule has 7 nitrogen and oxygen atoms in total. The molecule has 0 aromatic carbocycles. The maximum absolute atomic E-state index is 12.4. The molecule has 0 aliphatic rings. The summed E-state index contributed by atoms with van der Waals surface area (Å²) < 4.78 is 6.01. The highest BCUT2D eigenvalue weighted by atomic mass is 79.9. The molecule has 0 aliphatic carbocycles. The van der Waals surface area contributed by atoms with Gasteiger partial charge in [0.1, 0.15) is 11.3 Å². The molecule has 25 heavy (non-hydrogen) atoms. The van der Waals surface area contributed by atoms with Crippen molar-refractivity contribution in [2.75, 3.05) is 0 Å². The summed E-state index contributed by atoms with van der Waals surface area (Å²) in [5.41, 5.74) is 1.00. The van der Waals surface area contributed by atoms with Crippen molar-refractivity contribution in [1.29, 1.82) is 0 Å². The second-order valence-corrected chi connectivity index (χ2v) is 7.46. The second-order valence-electron chi connectivity index (χ2n) is 5.61. The second kappa shape index (κ2) is 7.49. The van der Waals surface area contributed by atoms with Crippen molar-refractivity contribution in [3.05, 3.63) is 42.5 Å². The smallest absolute Gasteiger partial charge is 0.264 e. The van der Waals surface area contributed by atoms with Crippen LogP contribution in [0.5, 0.6) is 5.75 Å². The lowest BCUT2D eigenvalue weighted by Crippen LogP contribution is -2.13. The lowest BCUT2D eigenvalue weighted by Gasteiger charge is -2.08. The van der Waals surface area contributed by atoms with Gasteiger partial charge < -0.3 is 14.5 Å². The summed E-state index contributed by atoms with van der Waals surface area (Å²) in [6.45, 7) is 3.98. The molecule has 0 saturated heterocycles. The molecular weight excluding hydrogens is 408 g/mol. The number of unbranched alkanes of at least 4 members (excludes halogenated alkanes) is 1. The molecule has 3 heterocycles. The van der Waals surface area contributed by atoms with Gasteiger partial charge in [-0.25, -0.2) is 4.98 Å². The molecule has 0 spiro atoms. The fraction of sp³-hybridized carbons (Fsp3) is 0.375. The van der Waals surface area contributed by atoms with Gasteiger partial charge in [-0.15, -0.1) is 21.5 Å². The molecule has 0 aliphatic heterocycles. The van der Waals surface area contributed by atoms with Crippen LogP contribution in [-0.2, 0) is 12.8 Å². The Balaban J connectivity index is 1.92. The van der Waals surface area contributed by atoms with Gasteiger partial charge in [0.25, 0.3) is 11.4 Å². The number of rotatable bonds is 6. The van der Waals surface area contributed by atoms with Crippen LogP contribution in [0.2, 0.25) is 0 Å². The number of aromatic hydroxyl groups is 1. The van der Waals surface area contributed by atoms with E-state index < -0.39 is 5.56 Å². The fourth-order valence-electron chi connectivity index (χ4n) is 2.41. The number of nitrogens with zero attached hydrogens (tertiary/aromatic N) is 3. The fourth-order valence-corrected chi connectivity index (χ4v) is 3.52. The van der Waals surface area contributed by atoms with Crippen LogP contribution >= 0.6 is 27.3 Å². The molecule has 0 unspecified atom stereocenters. The minimum absolute atomic E-state index is 0.0107. The van der Waals surface area contributed by atoms with E-state index in [1.165, 1.54) is 11.3 Å². The largest absolute Gasteiger partial charge is 0.506 e. The monoisotopic (exact) mass is 424 g/mol. The van der Waals surface area contributed by atoms with E-state index in [9.17, 15) is 9.90 Å². The molecule has 3 aromatic heterocycles. The van der Waals surface area contributed by atoms with E-state index in [1.807, 2.05) is 12.3 Å². The van der Waals surface area contributed by atoms with Crippen molar-refractivity contribution < 1.29 is 9.52 Å². The Morgan fingerprint density at radius 2 is 2.20 bits per heavy atom. The number of hydrogen-bond donors (Lipinski definition) is 2. The highest BCUT2D eigenvalue weighted by Crippen LogP contribution is 2.34. The van der Waals surface area contributed by atoms with Crippen molar-refractivity contribution in [2.24, 2.45) is 0 Å². The summed E-state index contributed by atoms with van der Waals surface area (Å²) in [5.74, 6) is 0.142. The lowest BCUT2D eigenvalue weighted by atomic mass is 10.1. The number of thiazole rings is 1. The minimum Gasteiger partial charge on any atom is -0.506 e. The number of hydrogen-bond acceptors (Lipinski definition) is 7. The Hall–Kier alpha value is -2.00. The van der Waals surface area contributed by atoms with Crippen molar-refractivity contribution in [3.8, 4) is 17.2 Å². The molecule has 3 aromatic rings. The van der Waals surface area contributed by atoms with E-state index in [4.69, 9.17) is 4.42 Å². The van der Waals surface area contributed by atoms with Gasteiger partial charge in [-0.05, 0) is 35.7 Å². The van der Waals surface area contributed by atoms with Gasteiger partial charge in [0, 0.05) is 11.1 Å². The molecule has 0 radical (unpaired) electrons. The number of H-pyrrole nitrogens is 1.